The number of carbonyl (C=O) groups is 1. The molecule has 0 bridgehead atoms. The van der Waals surface area contributed by atoms with Crippen LogP contribution in [0.4, 0.5) is 13.2 Å². The monoisotopic (exact) mass is 497 g/mol. The molecule has 2 aromatic carbocycles. The van der Waals surface area contributed by atoms with Crippen molar-refractivity contribution in [2.75, 3.05) is 7.11 Å². The zero-order chi connectivity index (χ0) is 23.0. The lowest BCUT2D eigenvalue weighted by Crippen LogP contribution is -2.45. The van der Waals surface area contributed by atoms with Crippen molar-refractivity contribution in [1.82, 2.24) is 5.32 Å². The van der Waals surface area contributed by atoms with Gasteiger partial charge in [-0.2, -0.15) is 21.6 Å². The van der Waals surface area contributed by atoms with Crippen molar-refractivity contribution in [1.29, 1.82) is 0 Å². The maximum absolute atomic E-state index is 12.9. The first-order valence-electron chi connectivity index (χ1n) is 8.88. The third-order valence-corrected chi connectivity index (χ3v) is 6.79. The van der Waals surface area contributed by atoms with Crippen molar-refractivity contribution in [2.24, 2.45) is 0 Å². The van der Waals surface area contributed by atoms with Crippen LogP contribution in [0.1, 0.15) is 17.5 Å². The van der Waals surface area contributed by atoms with Gasteiger partial charge in [-0.05, 0) is 49.1 Å². The number of alkyl halides is 3. The van der Waals surface area contributed by atoms with E-state index in [0.717, 1.165) is 0 Å². The van der Waals surface area contributed by atoms with Gasteiger partial charge >= 0.3 is 22.2 Å². The number of fused-ring (bicyclic) bond motifs is 1. The summed E-state index contributed by atoms with van der Waals surface area (Å²) in [6.07, 6.45) is -4.84. The second-order valence-corrected chi connectivity index (χ2v) is 9.08. The molecule has 0 heterocycles. The van der Waals surface area contributed by atoms with E-state index in [1.165, 1.54) is 37.4 Å². The van der Waals surface area contributed by atoms with Crippen LogP contribution in [0.5, 0.6) is 11.5 Å². The Kier molecular flexibility index (Phi) is 6.64. The second kappa shape index (κ2) is 8.76. The number of ether oxygens (including phenoxy) is 1. The molecule has 1 amide bonds. The van der Waals surface area contributed by atoms with Crippen LogP contribution in [-0.4, -0.2) is 33.7 Å². The lowest BCUT2D eigenvalue weighted by atomic mass is 9.87. The summed E-state index contributed by atoms with van der Waals surface area (Å²) in [5, 5.41) is 2.26. The van der Waals surface area contributed by atoms with Crippen LogP contribution >= 0.6 is 23.2 Å². The Morgan fingerprint density at radius 1 is 1.13 bits per heavy atom. The Labute approximate surface area is 186 Å². The molecular weight excluding hydrogens is 482 g/mol. The third kappa shape index (κ3) is 5.19. The zero-order valence-corrected chi connectivity index (χ0v) is 18.3. The van der Waals surface area contributed by atoms with E-state index in [-0.39, 0.29) is 40.0 Å². The SMILES string of the molecule is COc1ccc(S(=O)(=O)Oc2ccc(Cl)c(Cl)c2)c2c1CC(NC(=O)C(F)(F)F)CC2. The molecule has 0 spiro atoms. The van der Waals surface area contributed by atoms with Crippen molar-refractivity contribution in [3.05, 3.63) is 51.5 Å². The molecule has 3 rings (SSSR count). The van der Waals surface area contributed by atoms with Gasteiger partial charge in [0.2, 0.25) is 0 Å². The number of rotatable bonds is 5. The van der Waals surface area contributed by atoms with Gasteiger partial charge in [-0.3, -0.25) is 4.79 Å². The number of hydrogen-bond acceptors (Lipinski definition) is 5. The summed E-state index contributed by atoms with van der Waals surface area (Å²) in [6, 6.07) is 5.83. The lowest BCUT2D eigenvalue weighted by molar-refractivity contribution is -0.174. The molecule has 1 N–H and O–H groups in total. The first kappa shape index (κ1) is 23.5. The molecule has 0 aromatic heterocycles. The van der Waals surface area contributed by atoms with Gasteiger partial charge in [-0.15, -0.1) is 0 Å². The number of methoxy groups -OCH3 is 1. The first-order chi connectivity index (χ1) is 14.4. The van der Waals surface area contributed by atoms with Crippen molar-refractivity contribution in [3.8, 4) is 11.5 Å². The molecule has 0 aliphatic heterocycles. The molecule has 0 saturated carbocycles. The van der Waals surface area contributed by atoms with E-state index in [9.17, 15) is 26.4 Å². The van der Waals surface area contributed by atoms with Gasteiger partial charge in [0, 0.05) is 17.7 Å². The standard InChI is InChI=1S/C19H16Cl2F3NO5S/c1-29-16-6-7-17(31(27,28)30-11-3-5-14(20)15(21)9-11)12-4-2-10(8-13(12)16)25-18(26)19(22,23)24/h3,5-7,9-10H,2,4,8H2,1H3,(H,25,26). The molecule has 2 aromatic rings. The van der Waals surface area contributed by atoms with Gasteiger partial charge in [0.25, 0.3) is 0 Å². The first-order valence-corrected chi connectivity index (χ1v) is 11.0. The number of carbonyl (C=O) groups excluding carboxylic acids is 1. The molecule has 6 nitrogen and oxygen atoms in total. The number of amides is 1. The molecule has 1 atom stereocenters. The normalized spacial score (nSPS) is 16.4. The van der Waals surface area contributed by atoms with E-state index in [0.29, 0.717) is 16.9 Å². The Hall–Kier alpha value is -2.17. The topological polar surface area (TPSA) is 81.7 Å². The Morgan fingerprint density at radius 2 is 1.84 bits per heavy atom. The lowest BCUT2D eigenvalue weighted by Gasteiger charge is -2.28. The molecule has 1 aliphatic rings. The fourth-order valence-electron chi connectivity index (χ4n) is 3.33. The van der Waals surface area contributed by atoms with Crippen LogP contribution in [0.25, 0.3) is 0 Å². The van der Waals surface area contributed by atoms with Crippen LogP contribution in [0, 0.1) is 0 Å². The van der Waals surface area contributed by atoms with Gasteiger partial charge in [0.1, 0.15) is 16.4 Å². The molecule has 1 unspecified atom stereocenters. The Balaban J connectivity index is 1.93. The summed E-state index contributed by atoms with van der Waals surface area (Å²) in [6.45, 7) is 0. The van der Waals surface area contributed by atoms with Crippen LogP contribution in [-0.2, 0) is 27.8 Å². The van der Waals surface area contributed by atoms with Gasteiger partial charge in [-0.1, -0.05) is 23.2 Å². The minimum Gasteiger partial charge on any atom is -0.496 e. The highest BCUT2D eigenvalue weighted by atomic mass is 35.5. The number of halogens is 5. The molecule has 168 valence electrons. The highest BCUT2D eigenvalue weighted by Crippen LogP contribution is 2.36. The summed E-state index contributed by atoms with van der Waals surface area (Å²) < 4.78 is 73.9. The summed E-state index contributed by atoms with van der Waals surface area (Å²) in [7, 11) is -2.94. The maximum atomic E-state index is 12.9. The van der Waals surface area contributed by atoms with Crippen molar-refractivity contribution in [2.45, 2.75) is 36.4 Å². The zero-order valence-electron chi connectivity index (χ0n) is 15.9. The van der Waals surface area contributed by atoms with Gasteiger partial charge in [-0.25, -0.2) is 0 Å². The smallest absolute Gasteiger partial charge is 0.471 e. The van der Waals surface area contributed by atoms with Gasteiger partial charge in [0.15, 0.2) is 0 Å². The fourth-order valence-corrected chi connectivity index (χ4v) is 4.83. The molecule has 0 radical (unpaired) electrons. The molecule has 12 heteroatoms. The quantitative estimate of drug-likeness (QED) is 0.622. The Bertz CT molecular complexity index is 1120. The largest absolute Gasteiger partial charge is 0.496 e. The summed E-state index contributed by atoms with van der Waals surface area (Å²) in [5.74, 6) is -1.80. The summed E-state index contributed by atoms with van der Waals surface area (Å²) in [5.41, 5.74) is 0.747. The van der Waals surface area contributed by atoms with E-state index >= 15 is 0 Å². The fraction of sp³-hybridized carbons (Fsp3) is 0.316. The average molecular weight is 498 g/mol. The van der Waals surface area contributed by atoms with Crippen molar-refractivity contribution >= 4 is 39.2 Å². The van der Waals surface area contributed by atoms with Crippen LogP contribution in [0.2, 0.25) is 10.0 Å². The van der Waals surface area contributed by atoms with Gasteiger partial charge < -0.3 is 14.2 Å². The third-order valence-electron chi connectivity index (χ3n) is 4.72. The number of hydrogen-bond donors (Lipinski definition) is 1. The average Bonchev–Trinajstić information content (AvgIpc) is 2.68. The van der Waals surface area contributed by atoms with Gasteiger partial charge in [0.05, 0.1) is 17.2 Å². The van der Waals surface area contributed by atoms with Crippen LogP contribution in [0.15, 0.2) is 35.2 Å². The van der Waals surface area contributed by atoms with E-state index in [1.54, 1.807) is 0 Å². The predicted molar refractivity (Wildman–Crippen MR) is 107 cm³/mol. The summed E-state index contributed by atoms with van der Waals surface area (Å²) >= 11 is 11.7. The molecular formula is C19H16Cl2F3NO5S. The molecule has 31 heavy (non-hydrogen) atoms. The molecule has 0 saturated heterocycles. The van der Waals surface area contributed by atoms with E-state index < -0.39 is 28.2 Å². The maximum Gasteiger partial charge on any atom is 0.471 e. The minimum absolute atomic E-state index is 0.0313. The van der Waals surface area contributed by atoms with E-state index in [2.05, 4.69) is 0 Å². The molecule has 0 fully saturated rings. The minimum atomic E-state index is -5.01. The number of benzene rings is 2. The summed E-state index contributed by atoms with van der Waals surface area (Å²) in [4.78, 5) is 11.1. The van der Waals surface area contributed by atoms with Crippen LogP contribution in [0.3, 0.4) is 0 Å². The highest BCUT2D eigenvalue weighted by Gasteiger charge is 2.40. The van der Waals surface area contributed by atoms with E-state index in [1.807, 2.05) is 5.32 Å². The predicted octanol–water partition coefficient (Wildman–Crippen LogP) is 4.31. The van der Waals surface area contributed by atoms with E-state index in [4.69, 9.17) is 32.1 Å². The molecule has 1 aliphatic carbocycles. The number of nitrogens with one attached hydrogen (secondary N) is 1. The van der Waals surface area contributed by atoms with Crippen molar-refractivity contribution in [3.63, 3.8) is 0 Å². The van der Waals surface area contributed by atoms with Crippen LogP contribution < -0.4 is 14.2 Å². The second-order valence-electron chi connectivity index (χ2n) is 6.75. The van der Waals surface area contributed by atoms with Crippen molar-refractivity contribution < 1.29 is 35.3 Å². The highest BCUT2D eigenvalue weighted by molar-refractivity contribution is 7.87. The Morgan fingerprint density at radius 3 is 2.45 bits per heavy atom.